The monoisotopic (exact) mass is 189 g/mol. The maximum atomic E-state index is 12.8. The summed E-state index contributed by atoms with van der Waals surface area (Å²) < 4.78 is 12.8. The summed E-state index contributed by atoms with van der Waals surface area (Å²) in [7, 11) is 0. The van der Waals surface area contributed by atoms with Gasteiger partial charge in [0, 0.05) is 17.7 Å². The minimum Gasteiger partial charge on any atom is -0.508 e. The number of rotatable bonds is 1. The van der Waals surface area contributed by atoms with E-state index < -0.39 is 11.9 Å². The standard InChI is InChI=1S/C8H9ClFNO/c1-4(11)5-2-7(10)6(9)3-8(5)12/h2-4,12H,11H2,1H3/t4-/m1/s1. The maximum Gasteiger partial charge on any atom is 0.142 e. The van der Waals surface area contributed by atoms with E-state index in [-0.39, 0.29) is 10.8 Å². The molecule has 3 N–H and O–H groups in total. The summed E-state index contributed by atoms with van der Waals surface area (Å²) in [6.07, 6.45) is 0. The van der Waals surface area contributed by atoms with Crippen molar-refractivity contribution in [1.82, 2.24) is 0 Å². The molecule has 66 valence electrons. The summed E-state index contributed by atoms with van der Waals surface area (Å²) in [5.41, 5.74) is 5.82. The zero-order chi connectivity index (χ0) is 9.30. The van der Waals surface area contributed by atoms with Crippen LogP contribution in [0.15, 0.2) is 12.1 Å². The molecule has 0 radical (unpaired) electrons. The van der Waals surface area contributed by atoms with Crippen LogP contribution in [0.4, 0.5) is 4.39 Å². The number of benzene rings is 1. The first-order valence-corrected chi connectivity index (χ1v) is 3.83. The zero-order valence-electron chi connectivity index (χ0n) is 6.51. The molecule has 0 fully saturated rings. The van der Waals surface area contributed by atoms with Crippen molar-refractivity contribution < 1.29 is 9.50 Å². The first-order chi connectivity index (χ1) is 5.52. The van der Waals surface area contributed by atoms with Gasteiger partial charge in [0.1, 0.15) is 11.6 Å². The second-order valence-corrected chi connectivity index (χ2v) is 3.02. The van der Waals surface area contributed by atoms with E-state index in [1.54, 1.807) is 6.92 Å². The summed E-state index contributed by atoms with van der Waals surface area (Å²) in [6.45, 7) is 1.66. The number of hydrogen-bond acceptors (Lipinski definition) is 2. The summed E-state index contributed by atoms with van der Waals surface area (Å²) in [4.78, 5) is 0. The Morgan fingerprint density at radius 2 is 2.17 bits per heavy atom. The van der Waals surface area contributed by atoms with Gasteiger partial charge in [0.25, 0.3) is 0 Å². The van der Waals surface area contributed by atoms with Crippen molar-refractivity contribution in [2.45, 2.75) is 13.0 Å². The summed E-state index contributed by atoms with van der Waals surface area (Å²) in [6, 6.07) is 1.88. The van der Waals surface area contributed by atoms with Crippen LogP contribution in [0.25, 0.3) is 0 Å². The molecule has 0 spiro atoms. The molecule has 0 aromatic heterocycles. The third-order valence-corrected chi connectivity index (χ3v) is 1.85. The SMILES string of the molecule is C[C@@H](N)c1cc(F)c(Cl)cc1O. The fourth-order valence-electron chi connectivity index (χ4n) is 0.916. The second kappa shape index (κ2) is 3.29. The lowest BCUT2D eigenvalue weighted by atomic mass is 10.1. The van der Waals surface area contributed by atoms with Gasteiger partial charge in [-0.05, 0) is 13.0 Å². The van der Waals surface area contributed by atoms with Crippen molar-refractivity contribution in [1.29, 1.82) is 0 Å². The highest BCUT2D eigenvalue weighted by atomic mass is 35.5. The maximum absolute atomic E-state index is 12.8. The van der Waals surface area contributed by atoms with E-state index in [9.17, 15) is 9.50 Å². The van der Waals surface area contributed by atoms with Gasteiger partial charge in [-0.2, -0.15) is 0 Å². The van der Waals surface area contributed by atoms with Gasteiger partial charge < -0.3 is 10.8 Å². The van der Waals surface area contributed by atoms with Crippen LogP contribution in [0.5, 0.6) is 5.75 Å². The number of phenols is 1. The lowest BCUT2D eigenvalue weighted by Gasteiger charge is -2.08. The Morgan fingerprint density at radius 3 is 2.67 bits per heavy atom. The average molecular weight is 190 g/mol. The molecular formula is C8H9ClFNO. The Balaban J connectivity index is 3.23. The van der Waals surface area contributed by atoms with E-state index in [1.165, 1.54) is 0 Å². The fourth-order valence-corrected chi connectivity index (χ4v) is 1.07. The molecule has 0 bridgehead atoms. The fraction of sp³-hybridized carbons (Fsp3) is 0.250. The van der Waals surface area contributed by atoms with Crippen molar-refractivity contribution in [2.24, 2.45) is 5.73 Å². The predicted octanol–water partition coefficient (Wildman–Crippen LogP) is 2.20. The van der Waals surface area contributed by atoms with E-state index in [2.05, 4.69) is 0 Å². The molecule has 0 saturated carbocycles. The molecule has 4 heteroatoms. The third kappa shape index (κ3) is 1.68. The van der Waals surface area contributed by atoms with Crippen LogP contribution in [0.2, 0.25) is 5.02 Å². The largest absolute Gasteiger partial charge is 0.508 e. The summed E-state index contributed by atoms with van der Waals surface area (Å²) in [5.74, 6) is -0.641. The van der Waals surface area contributed by atoms with Gasteiger partial charge in [0.2, 0.25) is 0 Å². The van der Waals surface area contributed by atoms with Crippen LogP contribution >= 0.6 is 11.6 Å². The molecule has 0 unspecified atom stereocenters. The predicted molar refractivity (Wildman–Crippen MR) is 45.7 cm³/mol. The van der Waals surface area contributed by atoms with Gasteiger partial charge >= 0.3 is 0 Å². The minimum absolute atomic E-state index is 0.0728. The highest BCUT2D eigenvalue weighted by Crippen LogP contribution is 2.28. The van der Waals surface area contributed by atoms with Gasteiger partial charge in [0.15, 0.2) is 0 Å². The van der Waals surface area contributed by atoms with Crippen LogP contribution in [0, 0.1) is 5.82 Å². The normalized spacial score (nSPS) is 13.0. The zero-order valence-corrected chi connectivity index (χ0v) is 7.27. The molecule has 0 aliphatic rings. The summed E-state index contributed by atoms with van der Waals surface area (Å²) in [5, 5.41) is 9.16. The lowest BCUT2D eigenvalue weighted by molar-refractivity contribution is 0.461. The molecular weight excluding hydrogens is 181 g/mol. The second-order valence-electron chi connectivity index (χ2n) is 2.61. The van der Waals surface area contributed by atoms with Crippen LogP contribution in [0.1, 0.15) is 18.5 Å². The van der Waals surface area contributed by atoms with Gasteiger partial charge in [-0.15, -0.1) is 0 Å². The molecule has 2 nitrogen and oxygen atoms in total. The topological polar surface area (TPSA) is 46.2 Å². The van der Waals surface area contributed by atoms with Gasteiger partial charge in [-0.3, -0.25) is 0 Å². The highest BCUT2D eigenvalue weighted by Gasteiger charge is 2.10. The van der Waals surface area contributed by atoms with Gasteiger partial charge in [0.05, 0.1) is 5.02 Å². The molecule has 0 aliphatic heterocycles. The van der Waals surface area contributed by atoms with Crippen molar-refractivity contribution in [3.05, 3.63) is 28.5 Å². The smallest absolute Gasteiger partial charge is 0.142 e. The van der Waals surface area contributed by atoms with Gasteiger partial charge in [-0.25, -0.2) is 4.39 Å². The Morgan fingerprint density at radius 1 is 1.58 bits per heavy atom. The van der Waals surface area contributed by atoms with Crippen LogP contribution in [-0.4, -0.2) is 5.11 Å². The molecule has 1 rings (SSSR count). The highest BCUT2D eigenvalue weighted by molar-refractivity contribution is 6.30. The van der Waals surface area contributed by atoms with E-state index in [4.69, 9.17) is 17.3 Å². The Kier molecular flexibility index (Phi) is 2.55. The first kappa shape index (κ1) is 9.29. The minimum atomic E-state index is -0.568. The molecule has 1 aromatic rings. The van der Waals surface area contributed by atoms with Crippen molar-refractivity contribution in [3.8, 4) is 5.75 Å². The van der Waals surface area contributed by atoms with Crippen LogP contribution in [-0.2, 0) is 0 Å². The van der Waals surface area contributed by atoms with E-state index in [0.717, 1.165) is 12.1 Å². The number of nitrogens with two attached hydrogens (primary N) is 1. The number of phenolic OH excluding ortho intramolecular Hbond substituents is 1. The number of halogens is 2. The van der Waals surface area contributed by atoms with E-state index >= 15 is 0 Å². The van der Waals surface area contributed by atoms with Crippen molar-refractivity contribution >= 4 is 11.6 Å². The molecule has 1 atom stereocenters. The molecule has 0 amide bonds. The van der Waals surface area contributed by atoms with Crippen molar-refractivity contribution in [3.63, 3.8) is 0 Å². The number of hydrogen-bond donors (Lipinski definition) is 2. The number of aromatic hydroxyl groups is 1. The quantitative estimate of drug-likeness (QED) is 0.712. The van der Waals surface area contributed by atoms with Crippen molar-refractivity contribution in [2.75, 3.05) is 0 Å². The molecule has 12 heavy (non-hydrogen) atoms. The molecule has 0 aliphatic carbocycles. The Labute approximate surface area is 74.8 Å². The lowest BCUT2D eigenvalue weighted by Crippen LogP contribution is -2.05. The molecule has 1 aromatic carbocycles. The third-order valence-electron chi connectivity index (χ3n) is 1.56. The van der Waals surface area contributed by atoms with Crippen LogP contribution < -0.4 is 5.73 Å². The average Bonchev–Trinajstić information content (AvgIpc) is 1.96. The Bertz CT molecular complexity index is 301. The summed E-state index contributed by atoms with van der Waals surface area (Å²) >= 11 is 5.41. The van der Waals surface area contributed by atoms with E-state index in [1.807, 2.05) is 0 Å². The van der Waals surface area contributed by atoms with Crippen LogP contribution in [0.3, 0.4) is 0 Å². The van der Waals surface area contributed by atoms with Gasteiger partial charge in [-0.1, -0.05) is 11.6 Å². The first-order valence-electron chi connectivity index (χ1n) is 3.46. The van der Waals surface area contributed by atoms with E-state index in [0.29, 0.717) is 5.56 Å². The molecule has 0 saturated heterocycles. The molecule has 0 heterocycles. The Hall–Kier alpha value is -0.800.